The van der Waals surface area contributed by atoms with Gasteiger partial charge >= 0.3 is 0 Å². The van der Waals surface area contributed by atoms with Crippen molar-refractivity contribution in [2.75, 3.05) is 37.0 Å². The number of aromatic nitrogens is 2. The van der Waals surface area contributed by atoms with Gasteiger partial charge < -0.3 is 20.4 Å². The first-order chi connectivity index (χ1) is 8.67. The summed E-state index contributed by atoms with van der Waals surface area (Å²) in [6.45, 7) is 4.09. The van der Waals surface area contributed by atoms with Crippen molar-refractivity contribution in [1.29, 1.82) is 5.41 Å². The van der Waals surface area contributed by atoms with Gasteiger partial charge in [-0.25, -0.2) is 4.98 Å². The number of halogens is 1. The lowest BCUT2D eigenvalue weighted by molar-refractivity contribution is 0.0985. The second-order valence-corrected chi connectivity index (χ2v) is 4.43. The largest absolute Gasteiger partial charge is 0.377 e. The van der Waals surface area contributed by atoms with Crippen LogP contribution in [0.3, 0.4) is 0 Å². The molecule has 1 aliphatic heterocycles. The van der Waals surface area contributed by atoms with Gasteiger partial charge in [0.25, 0.3) is 0 Å². The van der Waals surface area contributed by atoms with Crippen molar-refractivity contribution in [3.8, 4) is 0 Å². The molecule has 0 spiro atoms. The van der Waals surface area contributed by atoms with E-state index in [4.69, 9.17) is 21.7 Å². The highest BCUT2D eigenvalue weighted by Gasteiger charge is 2.24. The van der Waals surface area contributed by atoms with Gasteiger partial charge in [-0.15, -0.1) is 0 Å². The monoisotopic (exact) mass is 269 g/mol. The number of rotatable bonds is 3. The van der Waals surface area contributed by atoms with Crippen LogP contribution in [-0.2, 0) is 4.74 Å². The Kier molecular flexibility index (Phi) is 3.98. The summed E-state index contributed by atoms with van der Waals surface area (Å²) in [4.78, 5) is 10.4. The van der Waals surface area contributed by atoms with Crippen LogP contribution >= 0.6 is 11.6 Å². The van der Waals surface area contributed by atoms with E-state index < -0.39 is 0 Å². The van der Waals surface area contributed by atoms with Gasteiger partial charge in [0.1, 0.15) is 11.6 Å². The molecule has 0 saturated carbocycles. The molecule has 0 aromatic carbocycles. The normalized spacial score (nSPS) is 19.7. The highest BCUT2D eigenvalue weighted by molar-refractivity contribution is 6.28. The van der Waals surface area contributed by atoms with Crippen molar-refractivity contribution >= 4 is 29.5 Å². The molecule has 2 heterocycles. The summed E-state index contributed by atoms with van der Waals surface area (Å²) < 4.78 is 5.40. The van der Waals surface area contributed by atoms with Gasteiger partial charge in [0.2, 0.25) is 5.28 Å². The summed E-state index contributed by atoms with van der Waals surface area (Å²) in [5, 5.41) is 10.7. The molecule has 0 amide bonds. The van der Waals surface area contributed by atoms with E-state index in [1.165, 1.54) is 6.21 Å². The van der Waals surface area contributed by atoms with Crippen LogP contribution in [0.4, 0.5) is 11.6 Å². The van der Waals surface area contributed by atoms with E-state index in [2.05, 4.69) is 27.1 Å². The third-order valence-electron chi connectivity index (χ3n) is 2.92. The van der Waals surface area contributed by atoms with E-state index in [1.807, 2.05) is 0 Å². The van der Waals surface area contributed by atoms with Gasteiger partial charge in [0, 0.05) is 19.8 Å². The van der Waals surface area contributed by atoms with E-state index in [0.29, 0.717) is 30.4 Å². The fourth-order valence-corrected chi connectivity index (χ4v) is 2.18. The molecule has 0 bridgehead atoms. The van der Waals surface area contributed by atoms with Crippen LogP contribution in [0.25, 0.3) is 0 Å². The first-order valence-electron chi connectivity index (χ1n) is 5.77. The molecule has 1 aromatic heterocycles. The Labute approximate surface area is 111 Å². The molecular formula is C11H16ClN5O. The number of hydrogen-bond donors (Lipinski definition) is 2. The van der Waals surface area contributed by atoms with E-state index in [-0.39, 0.29) is 11.3 Å². The van der Waals surface area contributed by atoms with Crippen molar-refractivity contribution in [3.05, 3.63) is 10.8 Å². The maximum absolute atomic E-state index is 7.54. The summed E-state index contributed by atoms with van der Waals surface area (Å²) in [6, 6.07) is 0.202. The van der Waals surface area contributed by atoms with Gasteiger partial charge in [-0.05, 0) is 18.5 Å². The molecule has 2 rings (SSSR count). The Morgan fingerprint density at radius 3 is 2.94 bits per heavy atom. The Morgan fingerprint density at radius 2 is 2.33 bits per heavy atom. The second-order valence-electron chi connectivity index (χ2n) is 4.09. The van der Waals surface area contributed by atoms with Gasteiger partial charge in [-0.3, -0.25) is 0 Å². The fourth-order valence-electron chi connectivity index (χ4n) is 2.02. The van der Waals surface area contributed by atoms with E-state index in [1.54, 1.807) is 7.05 Å². The fraction of sp³-hybridized carbons (Fsp3) is 0.545. The van der Waals surface area contributed by atoms with Crippen molar-refractivity contribution in [3.63, 3.8) is 0 Å². The Hall–Kier alpha value is -1.40. The van der Waals surface area contributed by atoms with Crippen molar-refractivity contribution in [1.82, 2.24) is 9.97 Å². The third kappa shape index (κ3) is 2.39. The minimum absolute atomic E-state index is 0.179. The van der Waals surface area contributed by atoms with Crippen LogP contribution in [-0.4, -0.2) is 49.0 Å². The Balaban J connectivity index is 2.47. The second kappa shape index (κ2) is 5.49. The van der Waals surface area contributed by atoms with Gasteiger partial charge in [0.15, 0.2) is 0 Å². The minimum atomic E-state index is 0.179. The zero-order valence-corrected chi connectivity index (χ0v) is 11.2. The first kappa shape index (κ1) is 13.0. The number of hydrogen-bond acceptors (Lipinski definition) is 6. The first-order valence-corrected chi connectivity index (χ1v) is 6.15. The van der Waals surface area contributed by atoms with Gasteiger partial charge in [0.05, 0.1) is 24.8 Å². The standard InChI is InChI=1S/C11H16ClN5O/c1-7-6-18-4-3-17(7)10-8(5-13)9(14-2)15-11(12)16-10/h5,7,13H,3-4,6H2,1-2H3,(H,14,15,16). The Bertz CT molecular complexity index is 453. The zero-order valence-electron chi connectivity index (χ0n) is 10.4. The van der Waals surface area contributed by atoms with Gasteiger partial charge in [-0.1, -0.05) is 0 Å². The molecule has 6 nitrogen and oxygen atoms in total. The molecular weight excluding hydrogens is 254 g/mol. The van der Waals surface area contributed by atoms with Crippen LogP contribution in [0.2, 0.25) is 5.28 Å². The minimum Gasteiger partial charge on any atom is -0.377 e. The maximum atomic E-state index is 7.54. The summed E-state index contributed by atoms with van der Waals surface area (Å²) >= 11 is 5.93. The molecule has 1 saturated heterocycles. The van der Waals surface area contributed by atoms with Crippen LogP contribution < -0.4 is 10.2 Å². The summed E-state index contributed by atoms with van der Waals surface area (Å²) in [5.41, 5.74) is 0.649. The van der Waals surface area contributed by atoms with Crippen LogP contribution in [0, 0.1) is 5.41 Å². The van der Waals surface area contributed by atoms with Crippen LogP contribution in [0.1, 0.15) is 12.5 Å². The smallest absolute Gasteiger partial charge is 0.226 e. The van der Waals surface area contributed by atoms with Crippen molar-refractivity contribution in [2.45, 2.75) is 13.0 Å². The molecule has 1 fully saturated rings. The van der Waals surface area contributed by atoms with Crippen molar-refractivity contribution in [2.24, 2.45) is 0 Å². The predicted octanol–water partition coefficient (Wildman–Crippen LogP) is 1.39. The lowest BCUT2D eigenvalue weighted by Gasteiger charge is -2.35. The van der Waals surface area contributed by atoms with Crippen molar-refractivity contribution < 1.29 is 4.74 Å². The predicted molar refractivity (Wildman–Crippen MR) is 72.1 cm³/mol. The molecule has 1 aromatic rings. The average Bonchev–Trinajstić information content (AvgIpc) is 2.38. The molecule has 2 N–H and O–H groups in total. The third-order valence-corrected chi connectivity index (χ3v) is 3.09. The topological polar surface area (TPSA) is 74.1 Å². The number of anilines is 2. The summed E-state index contributed by atoms with van der Waals surface area (Å²) in [5.74, 6) is 1.25. The Morgan fingerprint density at radius 1 is 1.56 bits per heavy atom. The SMILES string of the molecule is CNc1nc(Cl)nc(N2CCOCC2C)c1C=N. The van der Waals surface area contributed by atoms with Gasteiger partial charge in [-0.2, -0.15) is 4.98 Å². The quantitative estimate of drug-likeness (QED) is 0.641. The average molecular weight is 270 g/mol. The molecule has 1 aliphatic rings. The molecule has 0 radical (unpaired) electrons. The number of morpholine rings is 1. The number of ether oxygens (including phenoxy) is 1. The maximum Gasteiger partial charge on any atom is 0.226 e. The number of nitrogens with one attached hydrogen (secondary N) is 2. The van der Waals surface area contributed by atoms with E-state index in [9.17, 15) is 0 Å². The summed E-state index contributed by atoms with van der Waals surface area (Å²) in [7, 11) is 1.75. The molecule has 7 heteroatoms. The lowest BCUT2D eigenvalue weighted by Crippen LogP contribution is -2.44. The molecule has 98 valence electrons. The highest BCUT2D eigenvalue weighted by Crippen LogP contribution is 2.26. The molecule has 18 heavy (non-hydrogen) atoms. The molecule has 1 atom stereocenters. The van der Waals surface area contributed by atoms with Crippen LogP contribution in [0.5, 0.6) is 0 Å². The molecule has 1 unspecified atom stereocenters. The van der Waals surface area contributed by atoms with E-state index in [0.717, 1.165) is 6.54 Å². The molecule has 0 aliphatic carbocycles. The number of nitrogens with zero attached hydrogens (tertiary/aromatic N) is 3. The lowest BCUT2D eigenvalue weighted by atomic mass is 10.2. The van der Waals surface area contributed by atoms with E-state index >= 15 is 0 Å². The summed E-state index contributed by atoms with van der Waals surface area (Å²) in [6.07, 6.45) is 1.25. The van der Waals surface area contributed by atoms with Crippen LogP contribution in [0.15, 0.2) is 0 Å². The zero-order chi connectivity index (χ0) is 13.1. The highest BCUT2D eigenvalue weighted by atomic mass is 35.5.